The molecule has 0 aliphatic rings. The highest BCUT2D eigenvalue weighted by molar-refractivity contribution is 8.76. The van der Waals surface area contributed by atoms with Crippen LogP contribution in [0.1, 0.15) is 0 Å². The van der Waals surface area contributed by atoms with Gasteiger partial charge in [-0.15, -0.1) is 0 Å². The van der Waals surface area contributed by atoms with E-state index in [1.807, 2.05) is 0 Å². The van der Waals surface area contributed by atoms with Gasteiger partial charge in [-0.1, -0.05) is 24.3 Å². The van der Waals surface area contributed by atoms with Crippen LogP contribution in [0.5, 0.6) is 0 Å². The molecule has 8 heteroatoms. The highest BCUT2D eigenvalue weighted by Gasteiger charge is 2.13. The van der Waals surface area contributed by atoms with Crippen LogP contribution in [0.15, 0.2) is 58.3 Å². The van der Waals surface area contributed by atoms with Gasteiger partial charge in [-0.25, -0.2) is 10.4 Å². The maximum atomic E-state index is 11.1. The van der Waals surface area contributed by atoms with Gasteiger partial charge in [0.2, 0.25) is 0 Å². The average molecular weight is 312 g/mol. The van der Waals surface area contributed by atoms with Crippen molar-refractivity contribution in [3.8, 4) is 0 Å². The molecule has 2 rings (SSSR count). The molecule has 20 heavy (non-hydrogen) atoms. The van der Waals surface area contributed by atoms with E-state index in [0.29, 0.717) is 9.79 Å². The standard InChI is InChI=1S/C12H12N2O4S2/c15-13(16)9-5-1-3-7-11(9)19-20-12-8-4-2-6-10(12)14(17)18/h1-8,13-15,17H. The van der Waals surface area contributed by atoms with E-state index in [4.69, 9.17) is 10.4 Å². The van der Waals surface area contributed by atoms with Crippen LogP contribution in [0.3, 0.4) is 0 Å². The number of benzene rings is 2. The molecule has 2 unspecified atom stereocenters. The van der Waals surface area contributed by atoms with Crippen molar-refractivity contribution in [3.63, 3.8) is 0 Å². The smallest absolute Gasteiger partial charge is 0.178 e. The topological polar surface area (TPSA) is 95.5 Å². The summed E-state index contributed by atoms with van der Waals surface area (Å²) >= 11 is 0. The summed E-state index contributed by atoms with van der Waals surface area (Å²) in [6.07, 6.45) is 0. The molecule has 2 atom stereocenters. The summed E-state index contributed by atoms with van der Waals surface area (Å²) in [4.78, 5) is 1.18. The first kappa shape index (κ1) is 15.3. The van der Waals surface area contributed by atoms with Crippen LogP contribution in [0, 0.1) is 10.4 Å². The van der Waals surface area contributed by atoms with E-state index in [1.165, 1.54) is 33.7 Å². The highest BCUT2D eigenvalue weighted by atomic mass is 33.1. The predicted octanol–water partition coefficient (Wildman–Crippen LogP) is 1.29. The van der Waals surface area contributed by atoms with Gasteiger partial charge in [0, 0.05) is 12.1 Å². The zero-order valence-electron chi connectivity index (χ0n) is 10.1. The third-order valence-electron chi connectivity index (χ3n) is 2.46. The second-order valence-electron chi connectivity index (χ2n) is 3.77. The van der Waals surface area contributed by atoms with Crippen LogP contribution in [0.25, 0.3) is 0 Å². The quantitative estimate of drug-likeness (QED) is 0.491. The zero-order valence-corrected chi connectivity index (χ0v) is 11.8. The summed E-state index contributed by atoms with van der Waals surface area (Å²) < 4.78 is 0. The number of nitrogens with one attached hydrogen (secondary N) is 2. The number of quaternary nitrogens is 2. The van der Waals surface area contributed by atoms with Crippen molar-refractivity contribution in [2.45, 2.75) is 9.79 Å². The second kappa shape index (κ2) is 7.07. The van der Waals surface area contributed by atoms with Crippen molar-refractivity contribution >= 4 is 33.0 Å². The second-order valence-corrected chi connectivity index (χ2v) is 5.98. The molecule has 0 spiro atoms. The Labute approximate surface area is 123 Å². The lowest BCUT2D eigenvalue weighted by atomic mass is 10.3. The normalized spacial score (nSPS) is 14.0. The molecular formula is C12H12N2O4S2. The summed E-state index contributed by atoms with van der Waals surface area (Å²) in [5, 5.41) is 38.4. The van der Waals surface area contributed by atoms with Crippen molar-refractivity contribution in [2.75, 3.05) is 0 Å². The Balaban J connectivity index is 2.17. The zero-order chi connectivity index (χ0) is 14.5. The fourth-order valence-electron chi connectivity index (χ4n) is 1.52. The maximum Gasteiger partial charge on any atom is 0.178 e. The maximum absolute atomic E-state index is 11.1. The largest absolute Gasteiger partial charge is 0.595 e. The fraction of sp³-hybridized carbons (Fsp3) is 0. The molecule has 0 aromatic heterocycles. The average Bonchev–Trinajstić information content (AvgIpc) is 2.45. The summed E-state index contributed by atoms with van der Waals surface area (Å²) in [5.74, 6) is 0. The molecule has 0 saturated carbocycles. The molecular weight excluding hydrogens is 300 g/mol. The summed E-state index contributed by atoms with van der Waals surface area (Å²) in [6, 6.07) is 13.3. The van der Waals surface area contributed by atoms with Crippen molar-refractivity contribution in [1.82, 2.24) is 0 Å². The molecule has 4 N–H and O–H groups in total. The van der Waals surface area contributed by atoms with Crippen LogP contribution in [0.4, 0.5) is 11.4 Å². The third kappa shape index (κ3) is 3.72. The van der Waals surface area contributed by atoms with Crippen LogP contribution < -0.4 is 10.5 Å². The van der Waals surface area contributed by atoms with Crippen LogP contribution >= 0.6 is 21.6 Å². The lowest BCUT2D eigenvalue weighted by Gasteiger charge is -2.16. The van der Waals surface area contributed by atoms with E-state index in [-0.39, 0.29) is 11.4 Å². The first-order valence-electron chi connectivity index (χ1n) is 5.59. The molecule has 0 aliphatic carbocycles. The SMILES string of the molecule is [O-][NH+](O)c1ccccc1SSc1ccccc1[NH+]([O-])O. The number of hydrogen-bond acceptors (Lipinski definition) is 6. The van der Waals surface area contributed by atoms with Gasteiger partial charge in [-0.3, -0.25) is 0 Å². The minimum absolute atomic E-state index is 0.206. The molecule has 0 saturated heterocycles. The summed E-state index contributed by atoms with van der Waals surface area (Å²) in [5.41, 5.74) is 0.413. The third-order valence-corrected chi connectivity index (χ3v) is 4.94. The van der Waals surface area contributed by atoms with E-state index in [2.05, 4.69) is 0 Å². The highest BCUT2D eigenvalue weighted by Crippen LogP contribution is 2.41. The van der Waals surface area contributed by atoms with E-state index in [1.54, 1.807) is 36.4 Å². The lowest BCUT2D eigenvalue weighted by molar-refractivity contribution is -0.992. The first-order valence-corrected chi connectivity index (χ1v) is 7.73. The molecule has 0 fully saturated rings. The van der Waals surface area contributed by atoms with Gasteiger partial charge in [0.05, 0.1) is 9.79 Å². The van der Waals surface area contributed by atoms with Crippen LogP contribution in [-0.4, -0.2) is 10.4 Å². The van der Waals surface area contributed by atoms with E-state index >= 15 is 0 Å². The van der Waals surface area contributed by atoms with E-state index in [0.717, 1.165) is 0 Å². The lowest BCUT2D eigenvalue weighted by Crippen LogP contribution is -2.99. The van der Waals surface area contributed by atoms with Gasteiger partial charge < -0.3 is 10.4 Å². The molecule has 0 radical (unpaired) electrons. The Morgan fingerprint density at radius 1 is 0.700 bits per heavy atom. The fourth-order valence-corrected chi connectivity index (χ4v) is 3.87. The predicted molar refractivity (Wildman–Crippen MR) is 76.2 cm³/mol. The Bertz CT molecular complexity index is 529. The van der Waals surface area contributed by atoms with Gasteiger partial charge in [-0.2, -0.15) is 10.5 Å². The van der Waals surface area contributed by atoms with Crippen molar-refractivity contribution < 1.29 is 20.9 Å². The van der Waals surface area contributed by atoms with Gasteiger partial charge in [0.1, 0.15) is 0 Å². The molecule has 2 aromatic carbocycles. The number of rotatable bonds is 5. The molecule has 6 nitrogen and oxygen atoms in total. The van der Waals surface area contributed by atoms with Crippen molar-refractivity contribution in [2.24, 2.45) is 0 Å². The first-order chi connectivity index (χ1) is 9.59. The van der Waals surface area contributed by atoms with Gasteiger partial charge in [0.25, 0.3) is 0 Å². The van der Waals surface area contributed by atoms with Gasteiger partial charge >= 0.3 is 0 Å². The van der Waals surface area contributed by atoms with Crippen LogP contribution in [-0.2, 0) is 0 Å². The minimum atomic E-state index is -1.000. The van der Waals surface area contributed by atoms with Crippen molar-refractivity contribution in [3.05, 3.63) is 58.9 Å². The molecule has 0 aliphatic heterocycles. The summed E-state index contributed by atoms with van der Waals surface area (Å²) in [6.45, 7) is 0. The minimum Gasteiger partial charge on any atom is -0.595 e. The molecule has 106 valence electrons. The molecule has 0 heterocycles. The molecule has 0 bridgehead atoms. The Morgan fingerprint density at radius 3 is 1.40 bits per heavy atom. The number of para-hydroxylation sites is 2. The summed E-state index contributed by atoms with van der Waals surface area (Å²) in [7, 11) is 2.47. The van der Waals surface area contributed by atoms with Crippen molar-refractivity contribution in [1.29, 1.82) is 0 Å². The molecule has 2 aromatic rings. The Morgan fingerprint density at radius 2 is 1.05 bits per heavy atom. The van der Waals surface area contributed by atoms with E-state index in [9.17, 15) is 10.4 Å². The monoisotopic (exact) mass is 312 g/mol. The van der Waals surface area contributed by atoms with E-state index < -0.39 is 10.5 Å². The Kier molecular flexibility index (Phi) is 5.40. The van der Waals surface area contributed by atoms with Gasteiger partial charge in [0.15, 0.2) is 11.4 Å². The van der Waals surface area contributed by atoms with Crippen LogP contribution in [0.2, 0.25) is 0 Å². The Hall–Kier alpha value is -1.10. The molecule has 0 amide bonds. The number of hydrogen-bond donors (Lipinski definition) is 4. The van der Waals surface area contributed by atoms with Gasteiger partial charge in [-0.05, 0) is 33.7 Å².